The van der Waals surface area contributed by atoms with Gasteiger partial charge < -0.3 is 17.0 Å². The van der Waals surface area contributed by atoms with Gasteiger partial charge in [-0.15, -0.1) is 0 Å². The van der Waals surface area contributed by atoms with Crippen LogP contribution in [0.2, 0.25) is 0 Å². The standard InChI is InChI=1S/C25H22N.BrH/c1-21-12-11-19-25(20-21)26(22-13-5-2-6-14-22,23-15-7-3-8-16-23)24-17-9-4-10-18-24;/h2-20H,1H3;1H/q+1;/p-1. The number of aryl methyl sites for hydroxylation is 1. The molecule has 0 saturated carbocycles. The van der Waals surface area contributed by atoms with E-state index in [0.29, 0.717) is 4.48 Å². The van der Waals surface area contributed by atoms with Crippen LogP contribution >= 0.6 is 0 Å². The fraction of sp³-hybridized carbons (Fsp3) is 0.0400. The van der Waals surface area contributed by atoms with E-state index in [9.17, 15) is 0 Å². The maximum atomic E-state index is 2.28. The minimum Gasteiger partial charge on any atom is -1.00 e. The minimum atomic E-state index is 0. The lowest BCUT2D eigenvalue weighted by molar-refractivity contribution is -0.00000513. The van der Waals surface area contributed by atoms with E-state index >= 15 is 0 Å². The molecule has 0 bridgehead atoms. The average Bonchev–Trinajstić information content (AvgIpc) is 2.71. The van der Waals surface area contributed by atoms with Crippen molar-refractivity contribution in [3.63, 3.8) is 0 Å². The van der Waals surface area contributed by atoms with Crippen molar-refractivity contribution in [2.45, 2.75) is 6.92 Å². The van der Waals surface area contributed by atoms with Gasteiger partial charge in [0, 0.05) is 48.5 Å². The topological polar surface area (TPSA) is 0 Å². The number of rotatable bonds is 4. The molecule has 4 aromatic rings. The second-order valence-electron chi connectivity index (χ2n) is 6.52. The Morgan fingerprint density at radius 3 is 1.19 bits per heavy atom. The van der Waals surface area contributed by atoms with Gasteiger partial charge in [0.25, 0.3) is 0 Å². The van der Waals surface area contributed by atoms with E-state index in [4.69, 9.17) is 0 Å². The molecule has 0 unspecified atom stereocenters. The van der Waals surface area contributed by atoms with E-state index < -0.39 is 0 Å². The van der Waals surface area contributed by atoms with E-state index in [2.05, 4.69) is 122 Å². The molecule has 0 amide bonds. The van der Waals surface area contributed by atoms with Gasteiger partial charge in [0.1, 0.15) is 22.7 Å². The van der Waals surface area contributed by atoms with E-state index in [1.165, 1.54) is 28.3 Å². The van der Waals surface area contributed by atoms with Gasteiger partial charge in [-0.1, -0.05) is 66.7 Å². The molecule has 0 heterocycles. The molecule has 4 aromatic carbocycles. The Balaban J connectivity index is 0.00000210. The molecule has 0 N–H and O–H groups in total. The highest BCUT2D eigenvalue weighted by atomic mass is 79.9. The molecule has 0 saturated heterocycles. The summed E-state index contributed by atoms with van der Waals surface area (Å²) in [7, 11) is 0. The molecule has 0 aliphatic carbocycles. The van der Waals surface area contributed by atoms with Crippen molar-refractivity contribution >= 4 is 22.7 Å². The fourth-order valence-electron chi connectivity index (χ4n) is 3.69. The largest absolute Gasteiger partial charge is 1.00 e. The second kappa shape index (κ2) is 8.34. The van der Waals surface area contributed by atoms with Crippen LogP contribution < -0.4 is 21.5 Å². The summed E-state index contributed by atoms with van der Waals surface area (Å²) in [5.74, 6) is 0. The zero-order valence-electron chi connectivity index (χ0n) is 15.3. The molecule has 0 fully saturated rings. The zero-order chi connectivity index (χ0) is 17.8. The number of nitrogens with zero attached hydrogens (tertiary/aromatic N) is 1. The van der Waals surface area contributed by atoms with Gasteiger partial charge in [-0.2, -0.15) is 4.48 Å². The summed E-state index contributed by atoms with van der Waals surface area (Å²) >= 11 is 0. The maximum absolute atomic E-state index is 2.28. The molecule has 27 heavy (non-hydrogen) atoms. The molecular weight excluding hydrogens is 394 g/mol. The van der Waals surface area contributed by atoms with Crippen LogP contribution in [-0.2, 0) is 0 Å². The van der Waals surface area contributed by atoms with Crippen LogP contribution in [-0.4, -0.2) is 0 Å². The lowest BCUT2D eigenvalue weighted by atomic mass is 10.0. The molecular formula is C25H22BrN. The van der Waals surface area contributed by atoms with Crippen LogP contribution in [0.4, 0.5) is 22.7 Å². The Morgan fingerprint density at radius 1 is 0.444 bits per heavy atom. The third-order valence-corrected chi connectivity index (χ3v) is 4.82. The quantitative estimate of drug-likeness (QED) is 0.435. The number of hydrogen-bond acceptors (Lipinski definition) is 0. The third kappa shape index (κ3) is 3.46. The van der Waals surface area contributed by atoms with Crippen molar-refractivity contribution in [3.8, 4) is 0 Å². The maximum Gasteiger partial charge on any atom is 0.148 e. The van der Waals surface area contributed by atoms with Crippen molar-refractivity contribution < 1.29 is 17.0 Å². The number of hydrogen-bond donors (Lipinski definition) is 0. The molecule has 1 nitrogen and oxygen atoms in total. The molecule has 0 aromatic heterocycles. The minimum absolute atomic E-state index is 0. The summed E-state index contributed by atoms with van der Waals surface area (Å²) < 4.78 is 0.560. The smallest absolute Gasteiger partial charge is 0.148 e. The number of para-hydroxylation sites is 3. The van der Waals surface area contributed by atoms with Crippen LogP contribution in [0.5, 0.6) is 0 Å². The lowest BCUT2D eigenvalue weighted by Gasteiger charge is -2.37. The summed E-state index contributed by atoms with van der Waals surface area (Å²) in [6, 6.07) is 41.0. The Bertz CT molecular complexity index is 886. The highest BCUT2D eigenvalue weighted by Gasteiger charge is 2.38. The van der Waals surface area contributed by atoms with Crippen LogP contribution in [0.3, 0.4) is 0 Å². The van der Waals surface area contributed by atoms with Crippen LogP contribution in [0.1, 0.15) is 5.56 Å². The summed E-state index contributed by atoms with van der Waals surface area (Å²) in [4.78, 5) is 0. The van der Waals surface area contributed by atoms with Gasteiger partial charge in [-0.05, 0) is 12.5 Å². The monoisotopic (exact) mass is 415 g/mol. The van der Waals surface area contributed by atoms with Gasteiger partial charge in [-0.3, -0.25) is 0 Å². The van der Waals surface area contributed by atoms with Crippen LogP contribution in [0.15, 0.2) is 115 Å². The van der Waals surface area contributed by atoms with E-state index in [1.54, 1.807) is 0 Å². The van der Waals surface area contributed by atoms with E-state index in [1.807, 2.05) is 0 Å². The van der Waals surface area contributed by atoms with Gasteiger partial charge in [0.2, 0.25) is 0 Å². The normalized spacial score (nSPS) is 10.9. The molecule has 4 rings (SSSR count). The summed E-state index contributed by atoms with van der Waals surface area (Å²) in [5.41, 5.74) is 6.14. The molecule has 2 heteroatoms. The molecule has 0 atom stereocenters. The molecule has 0 aliphatic rings. The number of quaternary nitrogens is 1. The van der Waals surface area contributed by atoms with Crippen molar-refractivity contribution in [1.29, 1.82) is 0 Å². The van der Waals surface area contributed by atoms with E-state index in [0.717, 1.165) is 0 Å². The lowest BCUT2D eigenvalue weighted by Crippen LogP contribution is -3.00. The van der Waals surface area contributed by atoms with Crippen LogP contribution in [0.25, 0.3) is 0 Å². The molecule has 0 spiro atoms. The predicted molar refractivity (Wildman–Crippen MR) is 111 cm³/mol. The summed E-state index contributed by atoms with van der Waals surface area (Å²) in [5, 5.41) is 0. The molecule has 0 aliphatic heterocycles. The van der Waals surface area contributed by atoms with Gasteiger partial charge in [-0.25, -0.2) is 0 Å². The zero-order valence-corrected chi connectivity index (χ0v) is 16.9. The number of benzene rings is 4. The van der Waals surface area contributed by atoms with E-state index in [-0.39, 0.29) is 17.0 Å². The number of halogens is 1. The first-order valence-corrected chi connectivity index (χ1v) is 8.95. The Hall–Kier alpha value is -2.68. The van der Waals surface area contributed by atoms with Crippen molar-refractivity contribution in [1.82, 2.24) is 4.48 Å². The molecule has 134 valence electrons. The highest BCUT2D eigenvalue weighted by molar-refractivity contribution is 5.81. The predicted octanol–water partition coefficient (Wildman–Crippen LogP) is 4.30. The second-order valence-corrected chi connectivity index (χ2v) is 6.52. The van der Waals surface area contributed by atoms with Crippen molar-refractivity contribution in [2.24, 2.45) is 0 Å². The van der Waals surface area contributed by atoms with Crippen molar-refractivity contribution in [2.75, 3.05) is 0 Å². The van der Waals surface area contributed by atoms with Gasteiger partial charge in [0.05, 0.1) is 0 Å². The Morgan fingerprint density at radius 2 is 0.815 bits per heavy atom. The average molecular weight is 416 g/mol. The molecule has 0 radical (unpaired) electrons. The first-order chi connectivity index (χ1) is 12.8. The van der Waals surface area contributed by atoms with Crippen LogP contribution in [0, 0.1) is 6.92 Å². The highest BCUT2D eigenvalue weighted by Crippen LogP contribution is 2.51. The third-order valence-electron chi connectivity index (χ3n) is 4.82. The van der Waals surface area contributed by atoms with Gasteiger partial charge in [0.15, 0.2) is 0 Å². The first kappa shape index (κ1) is 19.1. The summed E-state index contributed by atoms with van der Waals surface area (Å²) in [6.45, 7) is 2.15. The SMILES string of the molecule is Cc1cccc([N+](c2ccccc2)(c2ccccc2)c2ccccc2)c1.[Br-]. The Kier molecular flexibility index (Phi) is 5.90. The summed E-state index contributed by atoms with van der Waals surface area (Å²) in [6.07, 6.45) is 0. The first-order valence-electron chi connectivity index (χ1n) is 8.95. The fourth-order valence-corrected chi connectivity index (χ4v) is 3.69. The Labute approximate surface area is 171 Å². The van der Waals surface area contributed by atoms with Gasteiger partial charge >= 0.3 is 0 Å². The van der Waals surface area contributed by atoms with Crippen molar-refractivity contribution in [3.05, 3.63) is 121 Å².